The molecule has 2 aromatic heterocycles. The second-order valence-electron chi connectivity index (χ2n) is 6.12. The zero-order chi connectivity index (χ0) is 14.2. The van der Waals surface area contributed by atoms with Gasteiger partial charge in [0.15, 0.2) is 0 Å². The minimum Gasteiger partial charge on any atom is -0.309 e. The van der Waals surface area contributed by atoms with Gasteiger partial charge in [-0.15, -0.1) is 11.3 Å². The zero-order valence-corrected chi connectivity index (χ0v) is 13.2. The van der Waals surface area contributed by atoms with E-state index in [1.165, 1.54) is 41.8 Å². The smallest absolute Gasteiger partial charge is 0.142 e. The van der Waals surface area contributed by atoms with Gasteiger partial charge in [-0.3, -0.25) is 4.98 Å². The topological polar surface area (TPSA) is 37.8 Å². The summed E-state index contributed by atoms with van der Waals surface area (Å²) < 4.78 is 0. The van der Waals surface area contributed by atoms with Crippen LogP contribution < -0.4 is 5.32 Å². The fourth-order valence-electron chi connectivity index (χ4n) is 2.71. The maximum absolute atomic E-state index is 4.97. The number of thiazole rings is 1. The highest BCUT2D eigenvalue weighted by Gasteiger charge is 2.31. The van der Waals surface area contributed by atoms with Gasteiger partial charge in [-0.2, -0.15) is 0 Å². The van der Waals surface area contributed by atoms with Crippen molar-refractivity contribution in [2.75, 3.05) is 0 Å². The van der Waals surface area contributed by atoms with E-state index < -0.39 is 0 Å². The van der Waals surface area contributed by atoms with Gasteiger partial charge in [0.2, 0.25) is 0 Å². The first-order chi connectivity index (χ1) is 10.3. The van der Waals surface area contributed by atoms with Crippen molar-refractivity contribution in [1.82, 2.24) is 15.3 Å². The van der Waals surface area contributed by atoms with Crippen LogP contribution >= 0.6 is 11.3 Å². The van der Waals surface area contributed by atoms with Gasteiger partial charge in [-0.25, -0.2) is 4.98 Å². The Kier molecular flexibility index (Phi) is 3.51. The van der Waals surface area contributed by atoms with Gasteiger partial charge in [0.25, 0.3) is 0 Å². The van der Waals surface area contributed by atoms with E-state index in [-0.39, 0.29) is 0 Å². The van der Waals surface area contributed by atoms with Gasteiger partial charge in [0, 0.05) is 29.6 Å². The molecule has 2 heterocycles. The van der Waals surface area contributed by atoms with Crippen molar-refractivity contribution < 1.29 is 0 Å². The van der Waals surface area contributed by atoms with Gasteiger partial charge in [-0.1, -0.05) is 13.0 Å². The normalized spacial score (nSPS) is 18.1. The second-order valence-corrected chi connectivity index (χ2v) is 7.21. The first-order valence-corrected chi connectivity index (χ1v) is 8.84. The number of hydrogen-bond acceptors (Lipinski definition) is 4. The van der Waals surface area contributed by atoms with E-state index in [9.17, 15) is 0 Å². The van der Waals surface area contributed by atoms with Crippen LogP contribution in [0.2, 0.25) is 0 Å². The lowest BCUT2D eigenvalue weighted by atomic mass is 10.1. The Morgan fingerprint density at radius 1 is 1.29 bits per heavy atom. The Labute approximate surface area is 129 Å². The van der Waals surface area contributed by atoms with Crippen molar-refractivity contribution in [3.63, 3.8) is 0 Å². The van der Waals surface area contributed by atoms with Gasteiger partial charge in [0.1, 0.15) is 10.7 Å². The largest absolute Gasteiger partial charge is 0.309 e. The Hall–Kier alpha value is -1.26. The van der Waals surface area contributed by atoms with Crippen molar-refractivity contribution in [3.8, 4) is 10.7 Å². The molecule has 0 aliphatic heterocycles. The minimum atomic E-state index is 0.708. The highest BCUT2D eigenvalue weighted by atomic mass is 32.1. The summed E-state index contributed by atoms with van der Waals surface area (Å²) >= 11 is 1.84. The SMILES string of the molecule is CCc1cccnc1-c1nc(C2CC2)c(CNC2CC2)s1. The number of rotatable bonds is 6. The van der Waals surface area contributed by atoms with Crippen LogP contribution in [0.25, 0.3) is 10.7 Å². The molecule has 0 unspecified atom stereocenters. The standard InChI is InChI=1S/C17H21N3S/c1-2-11-4-3-9-18-16(11)17-20-15(12-5-6-12)14(21-17)10-19-13-7-8-13/h3-4,9,12-13,19H,2,5-8,10H2,1H3. The third-order valence-electron chi connectivity index (χ3n) is 4.30. The Balaban J connectivity index is 1.66. The highest BCUT2D eigenvalue weighted by Crippen LogP contribution is 2.44. The van der Waals surface area contributed by atoms with Gasteiger partial charge >= 0.3 is 0 Å². The zero-order valence-electron chi connectivity index (χ0n) is 12.4. The predicted molar refractivity (Wildman–Crippen MR) is 86.6 cm³/mol. The van der Waals surface area contributed by atoms with Crippen LogP contribution in [0.5, 0.6) is 0 Å². The number of pyridine rings is 1. The van der Waals surface area contributed by atoms with E-state index in [0.29, 0.717) is 5.92 Å². The molecule has 0 spiro atoms. The molecule has 1 N–H and O–H groups in total. The van der Waals surface area contributed by atoms with Crippen molar-refractivity contribution in [3.05, 3.63) is 34.5 Å². The molecule has 0 saturated heterocycles. The summed E-state index contributed by atoms with van der Waals surface area (Å²) in [5.74, 6) is 0.708. The maximum atomic E-state index is 4.97. The third kappa shape index (κ3) is 2.87. The van der Waals surface area contributed by atoms with E-state index in [2.05, 4.69) is 23.3 Å². The summed E-state index contributed by atoms with van der Waals surface area (Å²) in [6.07, 6.45) is 8.19. The van der Waals surface area contributed by atoms with E-state index in [1.54, 1.807) is 0 Å². The summed E-state index contributed by atoms with van der Waals surface area (Å²) in [4.78, 5) is 11.0. The second kappa shape index (κ2) is 5.50. The average Bonchev–Trinajstić information content (AvgIpc) is 3.44. The van der Waals surface area contributed by atoms with E-state index in [0.717, 1.165) is 29.7 Å². The predicted octanol–water partition coefficient (Wildman–Crippen LogP) is 3.90. The molecule has 21 heavy (non-hydrogen) atoms. The summed E-state index contributed by atoms with van der Waals surface area (Å²) in [7, 11) is 0. The lowest BCUT2D eigenvalue weighted by Crippen LogP contribution is -2.15. The van der Waals surface area contributed by atoms with Gasteiger partial charge < -0.3 is 5.32 Å². The molecule has 2 fully saturated rings. The van der Waals surface area contributed by atoms with Crippen LogP contribution in [-0.4, -0.2) is 16.0 Å². The third-order valence-corrected chi connectivity index (χ3v) is 5.37. The Morgan fingerprint density at radius 2 is 2.14 bits per heavy atom. The molecule has 0 atom stereocenters. The lowest BCUT2D eigenvalue weighted by Gasteiger charge is -2.02. The number of nitrogens with zero attached hydrogens (tertiary/aromatic N) is 2. The summed E-state index contributed by atoms with van der Waals surface area (Å²) in [5.41, 5.74) is 3.73. The molecule has 0 bridgehead atoms. The van der Waals surface area contributed by atoms with Crippen molar-refractivity contribution in [2.24, 2.45) is 0 Å². The minimum absolute atomic E-state index is 0.708. The number of aryl methyl sites for hydroxylation is 1. The summed E-state index contributed by atoms with van der Waals surface area (Å²) in [5, 5.41) is 4.75. The van der Waals surface area contributed by atoms with Gasteiger partial charge in [0.05, 0.1) is 5.69 Å². The van der Waals surface area contributed by atoms with Crippen LogP contribution in [0, 0.1) is 0 Å². The van der Waals surface area contributed by atoms with Crippen LogP contribution in [0.3, 0.4) is 0 Å². The quantitative estimate of drug-likeness (QED) is 0.879. The molecule has 110 valence electrons. The van der Waals surface area contributed by atoms with Crippen molar-refractivity contribution in [1.29, 1.82) is 0 Å². The number of hydrogen-bond donors (Lipinski definition) is 1. The molecule has 2 aromatic rings. The van der Waals surface area contributed by atoms with Crippen LogP contribution in [0.4, 0.5) is 0 Å². The molecule has 2 aliphatic rings. The first-order valence-electron chi connectivity index (χ1n) is 8.02. The van der Waals surface area contributed by atoms with Gasteiger partial charge in [-0.05, 0) is 43.7 Å². The molecule has 0 radical (unpaired) electrons. The fraction of sp³-hybridized carbons (Fsp3) is 0.529. The molecule has 0 aromatic carbocycles. The van der Waals surface area contributed by atoms with E-state index in [4.69, 9.17) is 4.98 Å². The average molecular weight is 299 g/mol. The molecule has 4 rings (SSSR count). The molecule has 2 aliphatic carbocycles. The molecule has 0 amide bonds. The maximum Gasteiger partial charge on any atom is 0.142 e. The van der Waals surface area contributed by atoms with Crippen molar-refractivity contribution >= 4 is 11.3 Å². The molecular formula is C17H21N3S. The van der Waals surface area contributed by atoms with E-state index in [1.807, 2.05) is 23.6 Å². The van der Waals surface area contributed by atoms with Crippen LogP contribution in [0.1, 0.15) is 54.7 Å². The van der Waals surface area contributed by atoms with Crippen molar-refractivity contribution in [2.45, 2.75) is 57.5 Å². The number of aromatic nitrogens is 2. The Bertz CT molecular complexity index is 641. The lowest BCUT2D eigenvalue weighted by molar-refractivity contribution is 0.688. The molecule has 2 saturated carbocycles. The van der Waals surface area contributed by atoms with Crippen LogP contribution in [0.15, 0.2) is 18.3 Å². The van der Waals surface area contributed by atoms with Crippen LogP contribution in [-0.2, 0) is 13.0 Å². The fourth-order valence-corrected chi connectivity index (χ4v) is 3.84. The Morgan fingerprint density at radius 3 is 2.86 bits per heavy atom. The summed E-state index contributed by atoms with van der Waals surface area (Å²) in [6.45, 7) is 3.17. The van der Waals surface area contributed by atoms with E-state index >= 15 is 0 Å². The molecule has 4 heteroatoms. The first kappa shape index (κ1) is 13.4. The number of nitrogens with one attached hydrogen (secondary N) is 1. The molecular weight excluding hydrogens is 278 g/mol. The summed E-state index contributed by atoms with van der Waals surface area (Å²) in [6, 6.07) is 4.94. The molecule has 3 nitrogen and oxygen atoms in total. The monoisotopic (exact) mass is 299 g/mol. The highest BCUT2D eigenvalue weighted by molar-refractivity contribution is 7.15.